The zero-order valence-electron chi connectivity index (χ0n) is 25.3. The minimum absolute atomic E-state index is 0.600. The van der Waals surface area contributed by atoms with Gasteiger partial charge in [0.05, 0.1) is 22.1 Å². The molecule has 1 aliphatic heterocycles. The summed E-state index contributed by atoms with van der Waals surface area (Å²) in [5.41, 5.74) is 12.3. The van der Waals surface area contributed by atoms with Gasteiger partial charge in [-0.25, -0.2) is 4.98 Å². The second kappa shape index (κ2) is 9.87. The van der Waals surface area contributed by atoms with Crippen molar-refractivity contribution < 1.29 is 4.42 Å². The molecular formula is C43H27N3O. The first-order valence-electron chi connectivity index (χ1n) is 15.9. The Kier molecular flexibility index (Phi) is 5.46. The largest absolute Gasteiger partial charge is 0.456 e. The SMILES string of the molecule is c1ccc(C2(c3ccccc3)c3cc(-c4ccc5oc6ccccc6c5c4)ccc3-n3c(-c4ccccn4)nc4cccc2c43)cc1. The fourth-order valence-corrected chi connectivity index (χ4v) is 7.76. The lowest BCUT2D eigenvalue weighted by Crippen LogP contribution is -2.35. The van der Waals surface area contributed by atoms with Crippen LogP contribution in [0, 0.1) is 0 Å². The van der Waals surface area contributed by atoms with Crippen molar-refractivity contribution >= 4 is 33.0 Å². The van der Waals surface area contributed by atoms with Gasteiger partial charge in [-0.1, -0.05) is 109 Å². The number of nitrogens with zero attached hydrogens (tertiary/aromatic N) is 3. The van der Waals surface area contributed by atoms with Crippen molar-refractivity contribution in [1.29, 1.82) is 0 Å². The van der Waals surface area contributed by atoms with E-state index in [0.29, 0.717) is 0 Å². The van der Waals surface area contributed by atoms with Gasteiger partial charge in [0.15, 0.2) is 5.82 Å². The minimum Gasteiger partial charge on any atom is -0.456 e. The van der Waals surface area contributed by atoms with Crippen LogP contribution in [0.2, 0.25) is 0 Å². The van der Waals surface area contributed by atoms with Crippen molar-refractivity contribution in [2.75, 3.05) is 0 Å². The lowest BCUT2D eigenvalue weighted by Gasteiger charge is -2.41. The highest BCUT2D eigenvalue weighted by atomic mass is 16.3. The summed E-state index contributed by atoms with van der Waals surface area (Å²) in [4.78, 5) is 9.99. The Labute approximate surface area is 271 Å². The Morgan fingerprint density at radius 3 is 2.02 bits per heavy atom. The zero-order chi connectivity index (χ0) is 31.0. The van der Waals surface area contributed by atoms with Crippen LogP contribution in [0.25, 0.3) is 61.3 Å². The van der Waals surface area contributed by atoms with E-state index in [9.17, 15) is 0 Å². The van der Waals surface area contributed by atoms with Gasteiger partial charge in [0.25, 0.3) is 0 Å². The molecule has 4 heterocycles. The average Bonchev–Trinajstić information content (AvgIpc) is 3.72. The standard InChI is InChI=1S/C43H27N3O/c1-3-12-30(13-4-1)43(31-14-5-2-6-15-31)34-17-11-19-36-41(34)46(42(45-36)37-18-9-10-25-44-37)38-23-21-29(27-35(38)43)28-22-24-40-33(26-28)32-16-7-8-20-39(32)47-40/h1-27H. The van der Waals surface area contributed by atoms with E-state index in [4.69, 9.17) is 14.4 Å². The Morgan fingerprint density at radius 1 is 0.532 bits per heavy atom. The number of rotatable bonds is 4. The number of imidazole rings is 1. The highest BCUT2D eigenvalue weighted by molar-refractivity contribution is 6.06. The number of para-hydroxylation sites is 2. The van der Waals surface area contributed by atoms with Crippen LogP contribution in [-0.2, 0) is 5.41 Å². The second-order valence-electron chi connectivity index (χ2n) is 12.2. The number of pyridine rings is 1. The average molecular weight is 602 g/mol. The topological polar surface area (TPSA) is 43.9 Å². The van der Waals surface area contributed by atoms with Gasteiger partial charge in [-0.2, -0.15) is 0 Å². The van der Waals surface area contributed by atoms with Gasteiger partial charge in [-0.3, -0.25) is 9.55 Å². The summed E-state index contributed by atoms with van der Waals surface area (Å²) >= 11 is 0. The molecule has 0 bridgehead atoms. The highest BCUT2D eigenvalue weighted by Gasteiger charge is 2.45. The molecule has 10 rings (SSSR count). The fraction of sp³-hybridized carbons (Fsp3) is 0.0233. The number of hydrogen-bond acceptors (Lipinski definition) is 3. The van der Waals surface area contributed by atoms with Crippen molar-refractivity contribution in [3.63, 3.8) is 0 Å². The Bertz CT molecular complexity index is 2580. The normalized spacial score (nSPS) is 13.3. The third kappa shape index (κ3) is 3.64. The van der Waals surface area contributed by atoms with E-state index >= 15 is 0 Å². The molecule has 0 saturated carbocycles. The van der Waals surface area contributed by atoms with Gasteiger partial charge in [-0.15, -0.1) is 0 Å². The molecule has 220 valence electrons. The maximum Gasteiger partial charge on any atom is 0.164 e. The van der Waals surface area contributed by atoms with Gasteiger partial charge in [-0.05, 0) is 81.9 Å². The minimum atomic E-state index is -0.600. The first-order chi connectivity index (χ1) is 23.3. The van der Waals surface area contributed by atoms with Crippen LogP contribution in [0.1, 0.15) is 22.3 Å². The molecule has 0 fully saturated rings. The van der Waals surface area contributed by atoms with E-state index in [1.807, 2.05) is 36.5 Å². The quantitative estimate of drug-likeness (QED) is 0.202. The molecule has 4 heteroatoms. The Hall–Kier alpha value is -6.26. The first-order valence-corrected chi connectivity index (χ1v) is 15.9. The van der Waals surface area contributed by atoms with Crippen molar-refractivity contribution in [1.82, 2.24) is 14.5 Å². The summed E-state index contributed by atoms with van der Waals surface area (Å²) in [6.07, 6.45) is 1.84. The molecule has 0 amide bonds. The maximum atomic E-state index is 6.18. The van der Waals surface area contributed by atoms with Gasteiger partial charge in [0.1, 0.15) is 16.9 Å². The molecule has 9 aromatic rings. The van der Waals surface area contributed by atoms with Crippen LogP contribution in [0.15, 0.2) is 168 Å². The third-order valence-corrected chi connectivity index (χ3v) is 9.74. The van der Waals surface area contributed by atoms with Gasteiger partial charge >= 0.3 is 0 Å². The fourth-order valence-electron chi connectivity index (χ4n) is 7.76. The van der Waals surface area contributed by atoms with Crippen molar-refractivity contribution in [2.24, 2.45) is 0 Å². The molecule has 0 aliphatic carbocycles. The summed E-state index contributed by atoms with van der Waals surface area (Å²) in [6.45, 7) is 0. The molecular weight excluding hydrogens is 574 g/mol. The maximum absolute atomic E-state index is 6.18. The van der Waals surface area contributed by atoms with Crippen molar-refractivity contribution in [3.05, 3.63) is 186 Å². The van der Waals surface area contributed by atoms with E-state index < -0.39 is 5.41 Å². The number of hydrogen-bond donors (Lipinski definition) is 0. The lowest BCUT2D eigenvalue weighted by atomic mass is 9.63. The zero-order valence-corrected chi connectivity index (χ0v) is 25.3. The number of furan rings is 1. The first kappa shape index (κ1) is 26.0. The molecule has 47 heavy (non-hydrogen) atoms. The predicted octanol–water partition coefficient (Wildman–Crippen LogP) is 10.3. The highest BCUT2D eigenvalue weighted by Crippen LogP contribution is 2.54. The smallest absolute Gasteiger partial charge is 0.164 e. The van der Waals surface area contributed by atoms with Crippen LogP contribution in [0.3, 0.4) is 0 Å². The van der Waals surface area contributed by atoms with Crippen LogP contribution in [0.5, 0.6) is 0 Å². The van der Waals surface area contributed by atoms with Crippen LogP contribution < -0.4 is 0 Å². The molecule has 0 N–H and O–H groups in total. The van der Waals surface area contributed by atoms with E-state index in [1.165, 1.54) is 22.3 Å². The van der Waals surface area contributed by atoms with E-state index in [-0.39, 0.29) is 0 Å². The van der Waals surface area contributed by atoms with E-state index in [0.717, 1.165) is 61.3 Å². The molecule has 0 radical (unpaired) electrons. The van der Waals surface area contributed by atoms with E-state index in [2.05, 4.69) is 132 Å². The predicted molar refractivity (Wildman–Crippen MR) is 189 cm³/mol. The molecule has 0 saturated heterocycles. The molecule has 3 aromatic heterocycles. The molecule has 0 spiro atoms. The van der Waals surface area contributed by atoms with Gasteiger partial charge in [0.2, 0.25) is 0 Å². The molecule has 6 aromatic carbocycles. The summed E-state index contributed by atoms with van der Waals surface area (Å²) in [7, 11) is 0. The van der Waals surface area contributed by atoms with E-state index in [1.54, 1.807) is 0 Å². The molecule has 0 unspecified atom stereocenters. The van der Waals surface area contributed by atoms with Gasteiger partial charge < -0.3 is 4.42 Å². The third-order valence-electron chi connectivity index (χ3n) is 9.74. The van der Waals surface area contributed by atoms with Crippen molar-refractivity contribution in [3.8, 4) is 28.3 Å². The Balaban J connectivity index is 1.34. The van der Waals surface area contributed by atoms with Crippen LogP contribution in [-0.4, -0.2) is 14.5 Å². The summed E-state index contributed by atoms with van der Waals surface area (Å²) in [5, 5.41) is 2.24. The summed E-state index contributed by atoms with van der Waals surface area (Å²) < 4.78 is 8.51. The van der Waals surface area contributed by atoms with Crippen molar-refractivity contribution in [2.45, 2.75) is 5.41 Å². The Morgan fingerprint density at radius 2 is 1.23 bits per heavy atom. The molecule has 1 aliphatic rings. The number of aromatic nitrogens is 3. The monoisotopic (exact) mass is 601 g/mol. The van der Waals surface area contributed by atoms with Crippen LogP contribution in [0.4, 0.5) is 0 Å². The molecule has 4 nitrogen and oxygen atoms in total. The number of fused-ring (bicyclic) bond motifs is 5. The van der Waals surface area contributed by atoms with Crippen LogP contribution >= 0.6 is 0 Å². The molecule has 0 atom stereocenters. The number of benzene rings is 6. The summed E-state index contributed by atoms with van der Waals surface area (Å²) in [6, 6.07) is 56.1. The van der Waals surface area contributed by atoms with Gasteiger partial charge in [0, 0.05) is 17.0 Å². The second-order valence-corrected chi connectivity index (χ2v) is 12.2. The summed E-state index contributed by atoms with van der Waals surface area (Å²) in [5.74, 6) is 0.836. The lowest BCUT2D eigenvalue weighted by molar-refractivity contribution is 0.669.